The van der Waals surface area contributed by atoms with Crippen LogP contribution in [0.15, 0.2) is 0 Å². The Hall–Kier alpha value is -1.59. The van der Waals surface area contributed by atoms with Gasteiger partial charge in [-0.05, 0) is 18.3 Å². The molecule has 3 N–H and O–H groups in total. The summed E-state index contributed by atoms with van der Waals surface area (Å²) < 4.78 is 0. The van der Waals surface area contributed by atoms with Crippen LogP contribution < -0.4 is 16.0 Å². The Bertz CT molecular complexity index is 443. The fourth-order valence-corrected chi connectivity index (χ4v) is 2.56. The second-order valence-electron chi connectivity index (χ2n) is 6.14. The molecule has 0 radical (unpaired) electrons. The molecule has 0 aromatic carbocycles. The standard InChI is InChI=1S/C13H24N6/c1-13(2)8-6-5-7-9(13)15-11-16-10(14)17-12(18-11)19(3)4/h9H,5-8H2,1-4H3,(H3,14,15,16,17,18). The maximum Gasteiger partial charge on any atom is 0.231 e. The first-order chi connectivity index (χ1) is 8.88. The topological polar surface area (TPSA) is 80.0 Å². The quantitative estimate of drug-likeness (QED) is 0.868. The lowest BCUT2D eigenvalue weighted by atomic mass is 9.73. The molecule has 1 atom stereocenters. The van der Waals surface area contributed by atoms with Gasteiger partial charge in [-0.25, -0.2) is 0 Å². The normalized spacial score (nSPS) is 22.0. The first-order valence-electron chi connectivity index (χ1n) is 6.84. The molecule has 1 fully saturated rings. The van der Waals surface area contributed by atoms with Crippen molar-refractivity contribution < 1.29 is 0 Å². The fraction of sp³-hybridized carbons (Fsp3) is 0.769. The van der Waals surface area contributed by atoms with E-state index in [2.05, 4.69) is 34.1 Å². The van der Waals surface area contributed by atoms with Crippen LogP contribution in [0.25, 0.3) is 0 Å². The molecule has 6 heteroatoms. The van der Waals surface area contributed by atoms with Gasteiger partial charge in [-0.2, -0.15) is 15.0 Å². The molecule has 1 aliphatic rings. The van der Waals surface area contributed by atoms with Crippen LogP contribution in [0.3, 0.4) is 0 Å². The van der Waals surface area contributed by atoms with Crippen LogP contribution in [-0.2, 0) is 0 Å². The maximum absolute atomic E-state index is 5.74. The van der Waals surface area contributed by atoms with Crippen LogP contribution in [0.1, 0.15) is 39.5 Å². The summed E-state index contributed by atoms with van der Waals surface area (Å²) in [6.07, 6.45) is 4.93. The van der Waals surface area contributed by atoms with Gasteiger partial charge in [0.25, 0.3) is 0 Å². The van der Waals surface area contributed by atoms with Crippen LogP contribution in [0.4, 0.5) is 17.8 Å². The lowest BCUT2D eigenvalue weighted by molar-refractivity contribution is 0.216. The lowest BCUT2D eigenvalue weighted by Gasteiger charge is -2.39. The van der Waals surface area contributed by atoms with Gasteiger partial charge in [0, 0.05) is 20.1 Å². The second kappa shape index (κ2) is 5.19. The third kappa shape index (κ3) is 3.24. The Kier molecular flexibility index (Phi) is 3.78. The van der Waals surface area contributed by atoms with Gasteiger partial charge in [0.2, 0.25) is 17.8 Å². The fourth-order valence-electron chi connectivity index (χ4n) is 2.56. The van der Waals surface area contributed by atoms with Crippen LogP contribution in [0, 0.1) is 5.41 Å². The summed E-state index contributed by atoms with van der Waals surface area (Å²) in [4.78, 5) is 14.5. The average Bonchev–Trinajstić information content (AvgIpc) is 2.31. The van der Waals surface area contributed by atoms with Crippen LogP contribution in [0.5, 0.6) is 0 Å². The van der Waals surface area contributed by atoms with E-state index >= 15 is 0 Å². The number of anilines is 3. The molecule has 0 saturated heterocycles. The highest BCUT2D eigenvalue weighted by Crippen LogP contribution is 2.36. The summed E-state index contributed by atoms with van der Waals surface area (Å²) in [5, 5.41) is 3.44. The van der Waals surface area contributed by atoms with Crippen LogP contribution >= 0.6 is 0 Å². The molecule has 1 aromatic heterocycles. The smallest absolute Gasteiger partial charge is 0.231 e. The van der Waals surface area contributed by atoms with E-state index in [1.165, 1.54) is 19.3 Å². The van der Waals surface area contributed by atoms with Crippen molar-refractivity contribution in [2.75, 3.05) is 30.0 Å². The Morgan fingerprint density at radius 3 is 2.58 bits per heavy atom. The third-order valence-corrected chi connectivity index (χ3v) is 3.85. The van der Waals surface area contributed by atoms with Gasteiger partial charge >= 0.3 is 0 Å². The third-order valence-electron chi connectivity index (χ3n) is 3.85. The van der Waals surface area contributed by atoms with E-state index in [-0.39, 0.29) is 11.4 Å². The molecule has 1 heterocycles. The van der Waals surface area contributed by atoms with Crippen LogP contribution in [0.2, 0.25) is 0 Å². The highest BCUT2D eigenvalue weighted by Gasteiger charge is 2.32. The minimum absolute atomic E-state index is 0.259. The van der Waals surface area contributed by atoms with Crippen molar-refractivity contribution in [2.24, 2.45) is 5.41 Å². The number of nitrogens with zero attached hydrogens (tertiary/aromatic N) is 4. The predicted molar refractivity (Wildman–Crippen MR) is 78.2 cm³/mol. The zero-order valence-electron chi connectivity index (χ0n) is 12.3. The van der Waals surface area contributed by atoms with Gasteiger partial charge < -0.3 is 16.0 Å². The van der Waals surface area contributed by atoms with Crippen molar-refractivity contribution in [3.05, 3.63) is 0 Å². The lowest BCUT2D eigenvalue weighted by Crippen LogP contribution is -2.39. The van der Waals surface area contributed by atoms with Gasteiger partial charge in [-0.15, -0.1) is 0 Å². The Labute approximate surface area is 114 Å². The molecule has 0 amide bonds. The Balaban J connectivity index is 2.18. The number of hydrogen-bond acceptors (Lipinski definition) is 6. The molecule has 6 nitrogen and oxygen atoms in total. The molecule has 1 aromatic rings. The molecule has 1 unspecified atom stereocenters. The zero-order valence-corrected chi connectivity index (χ0v) is 12.3. The Morgan fingerprint density at radius 1 is 1.21 bits per heavy atom. The van der Waals surface area contributed by atoms with Crippen molar-refractivity contribution in [3.63, 3.8) is 0 Å². The van der Waals surface area contributed by atoms with E-state index in [0.717, 1.165) is 6.42 Å². The van der Waals surface area contributed by atoms with E-state index in [0.29, 0.717) is 17.9 Å². The first-order valence-corrected chi connectivity index (χ1v) is 6.84. The summed E-state index contributed by atoms with van der Waals surface area (Å²) in [6.45, 7) is 4.59. The molecule has 0 bridgehead atoms. The summed E-state index contributed by atoms with van der Waals surface area (Å²) in [5.74, 6) is 1.43. The van der Waals surface area contributed by atoms with E-state index in [9.17, 15) is 0 Å². The van der Waals surface area contributed by atoms with Gasteiger partial charge in [0.1, 0.15) is 0 Å². The highest BCUT2D eigenvalue weighted by molar-refractivity contribution is 5.41. The molecular weight excluding hydrogens is 240 g/mol. The largest absolute Gasteiger partial charge is 0.368 e. The predicted octanol–water partition coefficient (Wildman–Crippen LogP) is 1.90. The molecule has 1 aliphatic carbocycles. The maximum atomic E-state index is 5.74. The Morgan fingerprint density at radius 2 is 1.95 bits per heavy atom. The molecule has 1 saturated carbocycles. The highest BCUT2D eigenvalue weighted by atomic mass is 15.3. The molecule has 2 rings (SSSR count). The van der Waals surface area contributed by atoms with Gasteiger partial charge in [-0.3, -0.25) is 0 Å². The molecule has 19 heavy (non-hydrogen) atoms. The number of nitrogens with one attached hydrogen (secondary N) is 1. The summed E-state index contributed by atoms with van der Waals surface area (Å²) in [5.41, 5.74) is 6.00. The van der Waals surface area contributed by atoms with E-state index in [4.69, 9.17) is 5.73 Å². The zero-order chi connectivity index (χ0) is 14.0. The van der Waals surface area contributed by atoms with Gasteiger partial charge in [0.15, 0.2) is 0 Å². The van der Waals surface area contributed by atoms with Gasteiger partial charge in [-0.1, -0.05) is 26.7 Å². The van der Waals surface area contributed by atoms with Crippen molar-refractivity contribution in [3.8, 4) is 0 Å². The van der Waals surface area contributed by atoms with E-state index < -0.39 is 0 Å². The van der Waals surface area contributed by atoms with E-state index in [1.54, 1.807) is 0 Å². The molecule has 106 valence electrons. The van der Waals surface area contributed by atoms with Gasteiger partial charge in [0.05, 0.1) is 0 Å². The summed E-state index contributed by atoms with van der Waals surface area (Å²) in [6, 6.07) is 0.387. The second-order valence-corrected chi connectivity index (χ2v) is 6.14. The minimum atomic E-state index is 0.259. The number of rotatable bonds is 3. The molecule has 0 spiro atoms. The number of hydrogen-bond donors (Lipinski definition) is 2. The monoisotopic (exact) mass is 264 g/mol. The van der Waals surface area contributed by atoms with E-state index in [1.807, 2.05) is 19.0 Å². The average molecular weight is 264 g/mol. The van der Waals surface area contributed by atoms with Crippen molar-refractivity contribution in [2.45, 2.75) is 45.6 Å². The minimum Gasteiger partial charge on any atom is -0.368 e. The summed E-state index contributed by atoms with van der Waals surface area (Å²) >= 11 is 0. The number of aromatic nitrogens is 3. The first kappa shape index (κ1) is 13.8. The molecular formula is C13H24N6. The van der Waals surface area contributed by atoms with Crippen molar-refractivity contribution >= 4 is 17.8 Å². The molecule has 0 aliphatic heterocycles. The summed E-state index contributed by atoms with van der Waals surface area (Å²) in [7, 11) is 3.78. The van der Waals surface area contributed by atoms with Crippen molar-refractivity contribution in [1.29, 1.82) is 0 Å². The van der Waals surface area contributed by atoms with Crippen LogP contribution in [-0.4, -0.2) is 35.1 Å². The SMILES string of the molecule is CN(C)c1nc(N)nc(NC2CCCCC2(C)C)n1. The number of nitrogens with two attached hydrogens (primary N) is 1. The van der Waals surface area contributed by atoms with Crippen molar-refractivity contribution in [1.82, 2.24) is 15.0 Å². The number of nitrogen functional groups attached to an aromatic ring is 1.